The topological polar surface area (TPSA) is 135 Å². The average Bonchev–Trinajstić information content (AvgIpc) is 3.20. The van der Waals surface area contributed by atoms with Gasteiger partial charge in [0, 0.05) is 12.7 Å². The summed E-state index contributed by atoms with van der Waals surface area (Å²) in [5, 5.41) is 6.12. The first-order valence-corrected chi connectivity index (χ1v) is 10.4. The maximum Gasteiger partial charge on any atom is 0.414 e. The van der Waals surface area contributed by atoms with Gasteiger partial charge in [0.05, 0.1) is 13.3 Å². The lowest BCUT2D eigenvalue weighted by molar-refractivity contribution is -0.171. The van der Waals surface area contributed by atoms with Crippen molar-refractivity contribution in [2.75, 3.05) is 19.5 Å². The van der Waals surface area contributed by atoms with Crippen molar-refractivity contribution in [3.05, 3.63) is 47.8 Å². The Morgan fingerprint density at radius 1 is 1.15 bits per heavy atom. The van der Waals surface area contributed by atoms with E-state index in [2.05, 4.69) is 20.6 Å². The van der Waals surface area contributed by atoms with E-state index < -0.39 is 29.7 Å². The van der Waals surface area contributed by atoms with Crippen LogP contribution < -0.4 is 10.6 Å². The summed E-state index contributed by atoms with van der Waals surface area (Å²) >= 11 is 0. The zero-order valence-corrected chi connectivity index (χ0v) is 19.5. The maximum atomic E-state index is 12.6. The predicted molar refractivity (Wildman–Crippen MR) is 120 cm³/mol. The van der Waals surface area contributed by atoms with Gasteiger partial charge in [-0.25, -0.2) is 19.6 Å². The molecule has 0 saturated heterocycles. The lowest BCUT2D eigenvalue weighted by atomic mass is 10.1. The highest BCUT2D eigenvalue weighted by molar-refractivity contribution is 5.85. The summed E-state index contributed by atoms with van der Waals surface area (Å²) in [5.41, 5.74) is 0.809. The van der Waals surface area contributed by atoms with Crippen molar-refractivity contribution in [3.63, 3.8) is 0 Å². The quantitative estimate of drug-likeness (QED) is 0.489. The number of aromatic nitrogens is 2. The molecule has 0 spiro atoms. The van der Waals surface area contributed by atoms with Gasteiger partial charge in [-0.3, -0.25) is 14.9 Å². The number of carbonyl (C=O) groups is 3. The first kappa shape index (κ1) is 25.7. The first-order valence-electron chi connectivity index (χ1n) is 10.4. The zero-order chi connectivity index (χ0) is 24.4. The number of aromatic amines is 1. The number of nitrogens with zero attached hydrogens (tertiary/aromatic N) is 2. The highest BCUT2D eigenvalue weighted by Crippen LogP contribution is 2.11. The van der Waals surface area contributed by atoms with E-state index >= 15 is 0 Å². The van der Waals surface area contributed by atoms with E-state index in [1.165, 1.54) is 20.4 Å². The van der Waals surface area contributed by atoms with Crippen LogP contribution in [0.2, 0.25) is 0 Å². The molecule has 1 aromatic carbocycles. The molecule has 2 aromatic rings. The molecule has 0 aliphatic rings. The Morgan fingerprint density at radius 2 is 1.85 bits per heavy atom. The monoisotopic (exact) mass is 461 g/mol. The summed E-state index contributed by atoms with van der Waals surface area (Å²) in [5.74, 6) is -0.231. The summed E-state index contributed by atoms with van der Waals surface area (Å²) in [6.45, 7) is 5.32. The Bertz CT molecular complexity index is 925. The molecule has 0 saturated carbocycles. The third-order valence-electron chi connectivity index (χ3n) is 4.34. The summed E-state index contributed by atoms with van der Waals surface area (Å²) in [7, 11) is 2.80. The molecule has 1 heterocycles. The van der Waals surface area contributed by atoms with Crippen LogP contribution in [0, 0.1) is 0 Å². The minimum absolute atomic E-state index is 0.132. The number of ether oxygens (including phenoxy) is 2. The Labute approximate surface area is 192 Å². The molecule has 0 bridgehead atoms. The highest BCUT2D eigenvalue weighted by atomic mass is 16.7. The van der Waals surface area contributed by atoms with Gasteiger partial charge in [0.15, 0.2) is 0 Å². The number of anilines is 1. The number of nitrogens with one attached hydrogen (secondary N) is 3. The molecule has 0 aliphatic heterocycles. The normalized spacial score (nSPS) is 11.9. The molecule has 0 radical (unpaired) electrons. The molecule has 0 aliphatic carbocycles. The largest absolute Gasteiger partial charge is 0.444 e. The van der Waals surface area contributed by atoms with Crippen molar-refractivity contribution in [1.82, 2.24) is 20.3 Å². The second-order valence-electron chi connectivity index (χ2n) is 8.20. The number of hydrogen-bond acceptors (Lipinski definition) is 7. The van der Waals surface area contributed by atoms with E-state index in [9.17, 15) is 14.4 Å². The molecule has 11 heteroatoms. The second-order valence-corrected chi connectivity index (χ2v) is 8.20. The van der Waals surface area contributed by atoms with Gasteiger partial charge >= 0.3 is 12.2 Å². The molecule has 33 heavy (non-hydrogen) atoms. The summed E-state index contributed by atoms with van der Waals surface area (Å²) in [6, 6.07) is 8.40. The van der Waals surface area contributed by atoms with Crippen molar-refractivity contribution >= 4 is 24.0 Å². The van der Waals surface area contributed by atoms with Crippen molar-refractivity contribution < 1.29 is 28.7 Å². The third-order valence-corrected chi connectivity index (χ3v) is 4.34. The number of hydrogen-bond donors (Lipinski definition) is 3. The lowest BCUT2D eigenvalue weighted by Crippen LogP contribution is -2.48. The van der Waals surface area contributed by atoms with Gasteiger partial charge in [-0.15, -0.1) is 0 Å². The van der Waals surface area contributed by atoms with Gasteiger partial charge in [-0.05, 0) is 39.2 Å². The van der Waals surface area contributed by atoms with E-state index in [0.29, 0.717) is 12.1 Å². The Balaban J connectivity index is 1.91. The zero-order valence-electron chi connectivity index (χ0n) is 19.5. The molecule has 11 nitrogen and oxygen atoms in total. The van der Waals surface area contributed by atoms with Crippen LogP contribution in [-0.2, 0) is 32.1 Å². The summed E-state index contributed by atoms with van der Waals surface area (Å²) < 4.78 is 10.4. The predicted octanol–water partition coefficient (Wildman–Crippen LogP) is 3.00. The molecule has 180 valence electrons. The van der Waals surface area contributed by atoms with Crippen LogP contribution in [0.3, 0.4) is 0 Å². The van der Waals surface area contributed by atoms with E-state index in [4.69, 9.17) is 14.3 Å². The molecular weight excluding hydrogens is 430 g/mol. The van der Waals surface area contributed by atoms with Crippen LogP contribution in [0.15, 0.2) is 36.5 Å². The van der Waals surface area contributed by atoms with Crippen molar-refractivity contribution in [2.24, 2.45) is 0 Å². The maximum absolute atomic E-state index is 12.6. The SMILES string of the molecule is CON(C)C(=O)[C@H](CCc1cnc(NC(=O)OCc2ccccc2)[nH]1)NC(=O)OC(C)(C)C. The summed E-state index contributed by atoms with van der Waals surface area (Å²) in [6.07, 6.45) is 0.769. The highest BCUT2D eigenvalue weighted by Gasteiger charge is 2.27. The van der Waals surface area contributed by atoms with E-state index in [-0.39, 0.29) is 19.0 Å². The number of rotatable bonds is 9. The number of likely N-dealkylation sites (N-methyl/N-ethyl adjacent to an activating group) is 1. The van der Waals surface area contributed by atoms with Crippen molar-refractivity contribution in [2.45, 2.75) is 51.9 Å². The number of benzene rings is 1. The van der Waals surface area contributed by atoms with Gasteiger partial charge in [-0.2, -0.15) is 0 Å². The van der Waals surface area contributed by atoms with Crippen LogP contribution in [0.4, 0.5) is 15.5 Å². The first-order chi connectivity index (χ1) is 15.6. The molecule has 3 N–H and O–H groups in total. The minimum atomic E-state index is -0.889. The molecular formula is C22H31N5O6. The molecule has 1 aromatic heterocycles. The summed E-state index contributed by atoms with van der Waals surface area (Å²) in [4.78, 5) is 48.7. The number of aryl methyl sites for hydroxylation is 1. The third kappa shape index (κ3) is 9.19. The van der Waals surface area contributed by atoms with E-state index in [1.54, 1.807) is 20.8 Å². The minimum Gasteiger partial charge on any atom is -0.444 e. The molecule has 3 amide bonds. The van der Waals surface area contributed by atoms with Gasteiger partial charge in [0.25, 0.3) is 5.91 Å². The average molecular weight is 462 g/mol. The van der Waals surface area contributed by atoms with Crippen molar-refractivity contribution in [3.8, 4) is 0 Å². The van der Waals surface area contributed by atoms with E-state index in [1.807, 2.05) is 30.3 Å². The van der Waals surface area contributed by atoms with Crippen molar-refractivity contribution in [1.29, 1.82) is 0 Å². The number of amides is 3. The van der Waals surface area contributed by atoms with Crippen LogP contribution in [0.25, 0.3) is 0 Å². The molecule has 0 unspecified atom stereocenters. The molecule has 2 rings (SSSR count). The van der Waals surface area contributed by atoms with Crippen LogP contribution in [-0.4, -0.2) is 58.9 Å². The second kappa shape index (κ2) is 11.9. The molecule has 0 fully saturated rings. The number of carbonyl (C=O) groups excluding carboxylic acids is 3. The van der Waals surface area contributed by atoms with Crippen LogP contribution in [0.5, 0.6) is 0 Å². The fraction of sp³-hybridized carbons (Fsp3) is 0.455. The van der Waals surface area contributed by atoms with Gasteiger partial charge < -0.3 is 19.8 Å². The van der Waals surface area contributed by atoms with Gasteiger partial charge in [0.2, 0.25) is 5.95 Å². The van der Waals surface area contributed by atoms with Crippen LogP contribution in [0.1, 0.15) is 38.4 Å². The Kier molecular flexibility index (Phi) is 9.22. The Hall–Kier alpha value is -3.60. The molecule has 1 atom stereocenters. The van der Waals surface area contributed by atoms with Crippen LogP contribution >= 0.6 is 0 Å². The number of hydroxylamine groups is 2. The number of alkyl carbamates (subject to hydrolysis) is 1. The smallest absolute Gasteiger partial charge is 0.414 e. The van der Waals surface area contributed by atoms with E-state index in [0.717, 1.165) is 10.6 Å². The Morgan fingerprint density at radius 3 is 2.48 bits per heavy atom. The fourth-order valence-electron chi connectivity index (χ4n) is 2.72. The number of H-pyrrole nitrogens is 1. The number of imidazole rings is 1. The standard InChI is InChI=1S/C22H31N5O6/c1-22(2,3)33-21(30)25-17(18(28)27(4)31-5)12-11-16-13-23-19(24-16)26-20(29)32-14-15-9-7-6-8-10-15/h6-10,13,17H,11-12,14H2,1-5H3,(H,25,30)(H2,23,24,26,29)/t17-/m0/s1. The fourth-order valence-corrected chi connectivity index (χ4v) is 2.72. The van der Waals surface area contributed by atoms with Gasteiger partial charge in [-0.1, -0.05) is 30.3 Å². The lowest BCUT2D eigenvalue weighted by Gasteiger charge is -2.25. The van der Waals surface area contributed by atoms with Gasteiger partial charge in [0.1, 0.15) is 18.2 Å².